The molecule has 0 aromatic heterocycles. The van der Waals surface area contributed by atoms with E-state index in [2.05, 4.69) is 240 Å². The molecule has 0 atom stereocenters. The van der Waals surface area contributed by atoms with Gasteiger partial charge in [-0.25, -0.2) is 0 Å². The normalized spacial score (nSPS) is 19.3. The van der Waals surface area contributed by atoms with Crippen LogP contribution in [0.3, 0.4) is 0 Å². The van der Waals surface area contributed by atoms with Gasteiger partial charge < -0.3 is 9.80 Å². The number of benzene rings is 10. The van der Waals surface area contributed by atoms with Gasteiger partial charge in [-0.05, 0) is 219 Å². The van der Waals surface area contributed by atoms with Crippen molar-refractivity contribution in [2.45, 2.75) is 37.5 Å². The molecule has 4 bridgehead atoms. The van der Waals surface area contributed by atoms with Crippen molar-refractivity contribution < 1.29 is 0 Å². The third-order valence-corrected chi connectivity index (χ3v) is 16.5. The van der Waals surface area contributed by atoms with Crippen LogP contribution in [0, 0.1) is 23.7 Å². The smallest absolute Gasteiger partial charge is 0.0468 e. The molecular formula is C66H52N2. The van der Waals surface area contributed by atoms with Crippen LogP contribution in [0.25, 0.3) is 54.9 Å². The van der Waals surface area contributed by atoms with E-state index in [1.54, 1.807) is 11.1 Å². The lowest BCUT2D eigenvalue weighted by atomic mass is 9.43. The fraction of sp³-hybridized carbons (Fsp3) is 0.152. The summed E-state index contributed by atoms with van der Waals surface area (Å²) in [5.74, 6) is 3.06. The van der Waals surface area contributed by atoms with Crippen LogP contribution >= 0.6 is 0 Å². The van der Waals surface area contributed by atoms with Crippen molar-refractivity contribution in [1.82, 2.24) is 0 Å². The van der Waals surface area contributed by atoms with Crippen molar-refractivity contribution in [2.24, 2.45) is 23.7 Å². The van der Waals surface area contributed by atoms with E-state index in [0.29, 0.717) is 11.8 Å². The van der Waals surface area contributed by atoms with E-state index in [1.165, 1.54) is 98.4 Å². The molecule has 0 aliphatic heterocycles. The first-order chi connectivity index (χ1) is 33.6. The van der Waals surface area contributed by atoms with Gasteiger partial charge in [0.1, 0.15) is 0 Å². The minimum absolute atomic E-state index is 0.0191. The first-order valence-corrected chi connectivity index (χ1v) is 24.8. The fourth-order valence-electron chi connectivity index (χ4n) is 13.8. The van der Waals surface area contributed by atoms with Crippen LogP contribution in [0.15, 0.2) is 231 Å². The zero-order valence-corrected chi connectivity index (χ0v) is 38.2. The molecule has 0 amide bonds. The standard InChI is InChI=1S/C66H52N2/c1-5-13-46(14-6-1)48-21-27-58(28-22-48)67(56-17-9-3-10-18-56)60-31-25-50-40-62-63-41-51-26-32-61(68(57-19-11-4-12-20-57)59-29-23-49(24-30-59)47-15-7-2-8-16-47)39-53(51)43-65(63)66(64(62)42-52(50)38-60)54-34-44-33-45(36-54)37-55(66)35-44/h1-32,38-45,54-55H,33-37H2. The van der Waals surface area contributed by atoms with E-state index in [-0.39, 0.29) is 5.41 Å². The minimum atomic E-state index is 0.0191. The number of fused-ring (bicyclic) bond motifs is 5. The number of para-hydroxylation sites is 2. The molecule has 10 aromatic rings. The number of anilines is 6. The van der Waals surface area contributed by atoms with Crippen molar-refractivity contribution in [1.29, 1.82) is 0 Å². The molecule has 5 aliphatic carbocycles. The Labute approximate surface area is 399 Å². The molecule has 5 aliphatic rings. The number of hydrogen-bond acceptors (Lipinski definition) is 2. The van der Waals surface area contributed by atoms with Crippen LogP contribution in [-0.2, 0) is 5.41 Å². The highest BCUT2D eigenvalue weighted by Crippen LogP contribution is 2.70. The van der Waals surface area contributed by atoms with Gasteiger partial charge in [0.2, 0.25) is 0 Å². The van der Waals surface area contributed by atoms with E-state index >= 15 is 0 Å². The van der Waals surface area contributed by atoms with Gasteiger partial charge in [0, 0.05) is 39.5 Å². The van der Waals surface area contributed by atoms with Crippen molar-refractivity contribution in [2.75, 3.05) is 9.80 Å². The molecule has 10 aromatic carbocycles. The maximum atomic E-state index is 2.66. The first kappa shape index (κ1) is 39.5. The molecule has 2 nitrogen and oxygen atoms in total. The van der Waals surface area contributed by atoms with E-state index < -0.39 is 0 Å². The molecule has 2 heteroatoms. The van der Waals surface area contributed by atoms with Crippen molar-refractivity contribution >= 4 is 55.7 Å². The second kappa shape index (κ2) is 15.7. The molecule has 4 saturated carbocycles. The fourth-order valence-corrected chi connectivity index (χ4v) is 13.8. The summed E-state index contributed by atoms with van der Waals surface area (Å²) in [7, 11) is 0. The molecule has 68 heavy (non-hydrogen) atoms. The van der Waals surface area contributed by atoms with Crippen molar-refractivity contribution in [3.63, 3.8) is 0 Å². The second-order valence-electron chi connectivity index (χ2n) is 20.2. The van der Waals surface area contributed by atoms with E-state index in [1.807, 2.05) is 0 Å². The highest BCUT2D eigenvalue weighted by Gasteiger charge is 2.61. The monoisotopic (exact) mass is 872 g/mol. The van der Waals surface area contributed by atoms with Gasteiger partial charge in [-0.1, -0.05) is 133 Å². The highest BCUT2D eigenvalue weighted by atomic mass is 15.1. The van der Waals surface area contributed by atoms with Gasteiger partial charge in [0.05, 0.1) is 0 Å². The molecular weight excluding hydrogens is 821 g/mol. The molecule has 0 saturated heterocycles. The molecule has 0 radical (unpaired) electrons. The SMILES string of the molecule is c1ccc(-c2ccc(N(c3ccccc3)c3ccc4cc5c(cc4c3)C3(c4cc6cc(N(c7ccccc7)c7ccc(-c8ccccc8)cc7)ccc6cc4-5)C4CC5CC(C4)CC3C5)cc2)cc1. The molecule has 0 unspecified atom stereocenters. The largest absolute Gasteiger partial charge is 0.310 e. The summed E-state index contributed by atoms with van der Waals surface area (Å²) >= 11 is 0. The van der Waals surface area contributed by atoms with Crippen molar-refractivity contribution in [3.8, 4) is 33.4 Å². The van der Waals surface area contributed by atoms with Gasteiger partial charge in [0.25, 0.3) is 0 Å². The summed E-state index contributed by atoms with van der Waals surface area (Å²) in [4.78, 5) is 4.85. The topological polar surface area (TPSA) is 6.48 Å². The molecule has 4 fully saturated rings. The first-order valence-electron chi connectivity index (χ1n) is 24.8. The van der Waals surface area contributed by atoms with Crippen LogP contribution in [0.2, 0.25) is 0 Å². The average molecular weight is 873 g/mol. The summed E-state index contributed by atoms with van der Waals surface area (Å²) < 4.78 is 0. The Morgan fingerprint density at radius 3 is 1.01 bits per heavy atom. The summed E-state index contributed by atoms with van der Waals surface area (Å²) in [5.41, 5.74) is 18.0. The number of nitrogens with zero attached hydrogens (tertiary/aromatic N) is 2. The van der Waals surface area contributed by atoms with Crippen LogP contribution in [0.5, 0.6) is 0 Å². The molecule has 0 N–H and O–H groups in total. The Morgan fingerprint density at radius 1 is 0.279 bits per heavy atom. The van der Waals surface area contributed by atoms with E-state index in [0.717, 1.165) is 34.6 Å². The van der Waals surface area contributed by atoms with Crippen LogP contribution in [0.4, 0.5) is 34.1 Å². The Balaban J connectivity index is 0.902. The summed E-state index contributed by atoms with van der Waals surface area (Å²) in [5, 5.41) is 5.26. The van der Waals surface area contributed by atoms with Gasteiger partial charge in [-0.2, -0.15) is 0 Å². The number of hydrogen-bond donors (Lipinski definition) is 0. The van der Waals surface area contributed by atoms with Crippen LogP contribution in [-0.4, -0.2) is 0 Å². The van der Waals surface area contributed by atoms with Crippen molar-refractivity contribution in [3.05, 3.63) is 242 Å². The lowest BCUT2D eigenvalue weighted by Crippen LogP contribution is -2.55. The molecule has 0 heterocycles. The lowest BCUT2D eigenvalue weighted by molar-refractivity contribution is -0.0398. The quantitative estimate of drug-likeness (QED) is 0.150. The van der Waals surface area contributed by atoms with Gasteiger partial charge >= 0.3 is 0 Å². The Hall–Kier alpha value is -7.68. The van der Waals surface area contributed by atoms with Crippen LogP contribution < -0.4 is 9.80 Å². The Bertz CT molecular complexity index is 3240. The maximum Gasteiger partial charge on any atom is 0.0468 e. The third kappa shape index (κ3) is 6.31. The highest BCUT2D eigenvalue weighted by molar-refractivity contribution is 6.01. The van der Waals surface area contributed by atoms with E-state index in [4.69, 9.17) is 0 Å². The Kier molecular flexibility index (Phi) is 9.12. The third-order valence-electron chi connectivity index (χ3n) is 16.5. The number of rotatable bonds is 8. The average Bonchev–Trinajstić information content (AvgIpc) is 3.66. The maximum absolute atomic E-state index is 2.66. The minimum Gasteiger partial charge on any atom is -0.310 e. The molecule has 326 valence electrons. The zero-order valence-electron chi connectivity index (χ0n) is 38.2. The van der Waals surface area contributed by atoms with Gasteiger partial charge in [-0.3, -0.25) is 0 Å². The van der Waals surface area contributed by atoms with E-state index in [9.17, 15) is 0 Å². The lowest BCUT2D eigenvalue weighted by Gasteiger charge is -2.61. The summed E-state index contributed by atoms with van der Waals surface area (Å²) in [6.45, 7) is 0. The zero-order chi connectivity index (χ0) is 44.8. The molecule has 15 rings (SSSR count). The summed E-state index contributed by atoms with van der Waals surface area (Å²) in [6, 6.07) is 86.0. The summed E-state index contributed by atoms with van der Waals surface area (Å²) in [6.07, 6.45) is 6.84. The van der Waals surface area contributed by atoms with Gasteiger partial charge in [-0.15, -0.1) is 0 Å². The van der Waals surface area contributed by atoms with Gasteiger partial charge in [0.15, 0.2) is 0 Å². The molecule has 1 spiro atoms. The second-order valence-corrected chi connectivity index (χ2v) is 20.2. The Morgan fingerprint density at radius 2 is 0.618 bits per heavy atom. The predicted octanol–water partition coefficient (Wildman–Crippen LogP) is 18.0. The predicted molar refractivity (Wildman–Crippen MR) is 285 cm³/mol. The van der Waals surface area contributed by atoms with Crippen LogP contribution in [0.1, 0.15) is 43.2 Å².